The Labute approximate surface area is 432 Å². The average Bonchev–Trinajstić information content (AvgIpc) is 3.29. The van der Waals surface area contributed by atoms with Crippen LogP contribution in [0.25, 0.3) is 0 Å². The molecule has 0 aliphatic rings. The molecule has 0 rings (SSSR count). The lowest BCUT2D eigenvalue weighted by molar-refractivity contribution is -0.173. The summed E-state index contributed by atoms with van der Waals surface area (Å²) in [7, 11) is -8.18. The van der Waals surface area contributed by atoms with Gasteiger partial charge in [-0.1, -0.05) is 19.8 Å². The second-order valence-electron chi connectivity index (χ2n) is 17.4. The molecule has 0 radical (unpaired) electrons. The number of carbonyl (C=O) groups excluding carboxylic acids is 5. The van der Waals surface area contributed by atoms with Gasteiger partial charge in [0.2, 0.25) is 0 Å². The minimum Gasteiger partial charge on any atom is -0.382 e. The largest absolute Gasteiger partial charge is 0.472 e. The number of hydrogen-bond donors (Lipinski definition) is 7. The van der Waals surface area contributed by atoms with Crippen molar-refractivity contribution < 1.29 is 137 Å². The molecule has 5 amide bonds. The Balaban J connectivity index is 6.40. The Bertz CT molecular complexity index is 1750. The summed E-state index contributed by atoms with van der Waals surface area (Å²) in [4.78, 5) is 77.2. The summed E-state index contributed by atoms with van der Waals surface area (Å²) in [5, 5.41) is 8.14. The van der Waals surface area contributed by atoms with Crippen molar-refractivity contribution in [3.63, 3.8) is 0 Å². The van der Waals surface area contributed by atoms with Gasteiger partial charge in [-0.2, -0.15) is 65.9 Å². The molecule has 7 N–H and O–H groups in total. The predicted octanol–water partition coefficient (Wildman–Crippen LogP) is 6.39. The van der Waals surface area contributed by atoms with Gasteiger partial charge in [-0.25, -0.2) is 4.57 Å². The van der Waals surface area contributed by atoms with Crippen molar-refractivity contribution in [1.29, 1.82) is 0 Å². The van der Waals surface area contributed by atoms with Crippen molar-refractivity contribution in [1.82, 2.24) is 26.6 Å². The van der Waals surface area contributed by atoms with E-state index in [4.69, 9.17) is 27.8 Å². The van der Waals surface area contributed by atoms with Crippen LogP contribution < -0.4 is 26.6 Å². The number of nitrogens with one attached hydrogen (secondary N) is 5. The van der Waals surface area contributed by atoms with Gasteiger partial charge in [0.25, 0.3) is 0 Å². The average molecular weight is 1200 g/mol. The number of halogens is 15. The molecule has 4 atom stereocenters. The number of carbonyl (C=O) groups is 5. The third-order valence-electron chi connectivity index (χ3n) is 10.9. The van der Waals surface area contributed by atoms with E-state index in [-0.39, 0.29) is 77.2 Å². The highest BCUT2D eigenvalue weighted by atomic mass is 31.2. The first-order chi connectivity index (χ1) is 35.3. The number of methoxy groups -OCH3 is 1. The fraction of sp³-hybridized carbons (Fsp3) is 0.875. The Kier molecular flexibility index (Phi) is 33.0. The molecule has 20 nitrogen and oxygen atoms in total. The summed E-state index contributed by atoms with van der Waals surface area (Å²) in [5.41, 5.74) is -2.54. The quantitative estimate of drug-likeness (QED) is 0.0199. The van der Waals surface area contributed by atoms with E-state index in [9.17, 15) is 109 Å². The maximum atomic E-state index is 13.2. The second kappa shape index (κ2) is 34.6. The first-order valence-electron chi connectivity index (χ1n) is 23.3. The van der Waals surface area contributed by atoms with E-state index >= 15 is 0 Å². The summed E-state index contributed by atoms with van der Waals surface area (Å²) in [6.45, 7) is -5.38. The minimum atomic E-state index is -5.34. The van der Waals surface area contributed by atoms with E-state index in [0.717, 1.165) is 7.11 Å². The van der Waals surface area contributed by atoms with Gasteiger partial charge in [-0.15, -0.1) is 0 Å². The highest BCUT2D eigenvalue weighted by Gasteiger charge is 2.43. The van der Waals surface area contributed by atoms with Gasteiger partial charge in [-0.05, 0) is 81.5 Å². The zero-order chi connectivity index (χ0) is 59.4. The summed E-state index contributed by atoms with van der Waals surface area (Å²) in [5.74, 6) is -11.5. The van der Waals surface area contributed by atoms with Crippen molar-refractivity contribution in [2.24, 2.45) is 10.8 Å². The molecule has 77 heavy (non-hydrogen) atoms. The predicted molar refractivity (Wildman–Crippen MR) is 236 cm³/mol. The molecule has 0 spiro atoms. The molecule has 0 aromatic rings. The zero-order valence-corrected chi connectivity index (χ0v) is 43.3. The summed E-state index contributed by atoms with van der Waals surface area (Å²) >= 11 is 0. The number of phosphoric acid groups is 1. The van der Waals surface area contributed by atoms with E-state index in [1.807, 2.05) is 0 Å². The topological polar surface area (TPSA) is 275 Å². The second-order valence-corrected chi connectivity index (χ2v) is 19.5. The van der Waals surface area contributed by atoms with Gasteiger partial charge in [0, 0.05) is 39.8 Å². The van der Waals surface area contributed by atoms with Crippen LogP contribution in [0.5, 0.6) is 0 Å². The van der Waals surface area contributed by atoms with Crippen LogP contribution in [0.15, 0.2) is 0 Å². The van der Waals surface area contributed by atoms with Crippen LogP contribution >= 0.6 is 16.1 Å². The Morgan fingerprint density at radius 2 is 0.779 bits per heavy atom. The van der Waals surface area contributed by atoms with Gasteiger partial charge in [-0.3, -0.25) is 37.6 Å². The summed E-state index contributed by atoms with van der Waals surface area (Å²) in [6, 6.07) is 0. The van der Waals surface area contributed by atoms with E-state index in [0.29, 0.717) is 12.8 Å². The maximum Gasteiger partial charge on any atom is 0.472 e. The molecule has 0 saturated carbocycles. The van der Waals surface area contributed by atoms with E-state index in [1.54, 1.807) is 33.5 Å². The van der Waals surface area contributed by atoms with Crippen LogP contribution in [0.3, 0.4) is 0 Å². The number of alkyl halides is 15. The standard InChI is InChI=1S/C40H64F15N5O15P2/c1-3-4-10-34(11-5-16-56-29(61)36(41,42)43,12-6-17-57-30(62)37(44,45)46)25-71-22-27(74-76(66)67)24-73-77(68,69)75-28(21-70-2)23-72-26-35(13-7-18-58-31(63)38(47,48)49,14-8-19-59-32(64)39(50,51)52)15-9-20-60-33(65)40(53,54)55/h27-28,76H,3-26H2,1-2H3,(H,56,61)(H,57,62)(H,58,63)(H,59,64)(H,60,65)(H,66,67)(H,68,69). The molecule has 0 aliphatic heterocycles. The Morgan fingerprint density at radius 1 is 0.494 bits per heavy atom. The molecule has 0 aromatic carbocycles. The van der Waals surface area contributed by atoms with Crippen molar-refractivity contribution in [3.05, 3.63) is 0 Å². The van der Waals surface area contributed by atoms with Crippen molar-refractivity contribution in [2.45, 2.75) is 133 Å². The Morgan fingerprint density at radius 3 is 1.04 bits per heavy atom. The van der Waals surface area contributed by atoms with E-state index in [1.165, 1.54) is 0 Å². The monoisotopic (exact) mass is 1200 g/mol. The fourth-order valence-corrected chi connectivity index (χ4v) is 8.66. The van der Waals surface area contributed by atoms with Crippen molar-refractivity contribution >= 4 is 45.6 Å². The lowest BCUT2D eigenvalue weighted by Crippen LogP contribution is -2.40. The number of rotatable bonds is 40. The van der Waals surface area contributed by atoms with E-state index in [2.05, 4.69) is 0 Å². The number of amides is 5. The minimum absolute atomic E-state index is 0.0265. The van der Waals surface area contributed by atoms with Crippen LogP contribution in [0.1, 0.15) is 90.4 Å². The number of phosphoric ester groups is 1. The first kappa shape index (κ1) is 73.4. The van der Waals surface area contributed by atoms with Gasteiger partial charge >= 0.3 is 76.5 Å². The van der Waals surface area contributed by atoms with E-state index < -0.39 is 165 Å². The Hall–Kier alpha value is -3.56. The summed E-state index contributed by atoms with van der Waals surface area (Å²) < 4.78 is 249. The van der Waals surface area contributed by atoms with Gasteiger partial charge in [0.15, 0.2) is 0 Å². The lowest BCUT2D eigenvalue weighted by atomic mass is 9.75. The van der Waals surface area contributed by atoms with Crippen LogP contribution in [-0.4, -0.2) is 162 Å². The molecule has 0 bridgehead atoms. The molecule has 0 fully saturated rings. The van der Waals surface area contributed by atoms with Crippen molar-refractivity contribution in [2.75, 3.05) is 79.5 Å². The molecule has 37 heteroatoms. The molecule has 0 saturated heterocycles. The molecule has 0 heterocycles. The SMILES string of the molecule is CCCCC(CCCNC(=O)C(F)(F)F)(CCCNC(=O)C(F)(F)F)COCC(COP(=O)(O)OC(COC)COCC(CCCNC(=O)C(F)(F)F)(CCCNC(=O)C(F)(F)F)CCCNC(=O)C(F)(F)F)O[PH](=O)O. The molecule has 0 aromatic heterocycles. The normalized spacial score (nSPS) is 15.0. The summed E-state index contributed by atoms with van der Waals surface area (Å²) in [6.07, 6.45) is -30.6. The highest BCUT2D eigenvalue weighted by Crippen LogP contribution is 2.46. The van der Waals surface area contributed by atoms with Crippen LogP contribution in [-0.2, 0) is 60.9 Å². The fourth-order valence-electron chi connectivity index (χ4n) is 7.33. The zero-order valence-electron chi connectivity index (χ0n) is 41.4. The van der Waals surface area contributed by atoms with Crippen LogP contribution in [0.4, 0.5) is 65.9 Å². The molecule has 0 aliphatic carbocycles. The molecular weight excluding hydrogens is 1140 g/mol. The first-order valence-corrected chi connectivity index (χ1v) is 26.0. The molecular formula is C40H64F15N5O15P2. The van der Waals surface area contributed by atoms with Crippen LogP contribution in [0.2, 0.25) is 0 Å². The third-order valence-corrected chi connectivity index (χ3v) is 12.5. The van der Waals surface area contributed by atoms with Crippen LogP contribution in [0, 0.1) is 10.8 Å². The maximum absolute atomic E-state index is 13.2. The lowest BCUT2D eigenvalue weighted by Gasteiger charge is -2.35. The third kappa shape index (κ3) is 33.6. The number of hydrogen-bond acceptors (Lipinski definition) is 13. The number of unbranched alkanes of at least 4 members (excludes halogenated alkanes) is 1. The van der Waals surface area contributed by atoms with Gasteiger partial charge in [0.1, 0.15) is 12.2 Å². The van der Waals surface area contributed by atoms with Gasteiger partial charge in [0.05, 0.1) is 39.6 Å². The van der Waals surface area contributed by atoms with Gasteiger partial charge < -0.3 is 55.1 Å². The number of ether oxygens (including phenoxy) is 3. The van der Waals surface area contributed by atoms with Crippen molar-refractivity contribution in [3.8, 4) is 0 Å². The smallest absolute Gasteiger partial charge is 0.382 e. The molecule has 454 valence electrons. The molecule has 4 unspecified atom stereocenters. The highest BCUT2D eigenvalue weighted by molar-refractivity contribution is 7.47.